The van der Waals surface area contributed by atoms with Gasteiger partial charge in [-0.15, -0.1) is 0 Å². The highest BCUT2D eigenvalue weighted by atomic mass is 32.2. The van der Waals surface area contributed by atoms with E-state index in [0.29, 0.717) is 18.8 Å². The minimum atomic E-state index is -0.112. The summed E-state index contributed by atoms with van der Waals surface area (Å²) in [5, 5.41) is 3.93. The van der Waals surface area contributed by atoms with Crippen LogP contribution in [0.15, 0.2) is 70.8 Å². The molecular formula is C25H28N4O3S. The third kappa shape index (κ3) is 5.76. The number of benzene rings is 2. The molecule has 1 saturated heterocycles. The van der Waals surface area contributed by atoms with Gasteiger partial charge in [-0.2, -0.15) is 0 Å². The van der Waals surface area contributed by atoms with E-state index in [0.717, 1.165) is 46.4 Å². The SMILES string of the molecule is COc1ccc(CNC(=O)[C@@H]2CCCN(c3nccnc3Sc3ccccc3)C2)c(OC)c1. The van der Waals surface area contributed by atoms with Crippen LogP contribution >= 0.6 is 11.8 Å². The number of methoxy groups -OCH3 is 2. The summed E-state index contributed by atoms with van der Waals surface area (Å²) in [6.07, 6.45) is 5.20. The molecule has 8 heteroatoms. The Bertz CT molecular complexity index is 1080. The number of amides is 1. The van der Waals surface area contributed by atoms with Crippen molar-refractivity contribution in [1.29, 1.82) is 0 Å². The third-order valence-electron chi connectivity index (χ3n) is 5.64. The first-order chi connectivity index (χ1) is 16.2. The number of hydrogen-bond acceptors (Lipinski definition) is 7. The molecule has 4 rings (SSSR count). The van der Waals surface area contributed by atoms with Gasteiger partial charge in [0.2, 0.25) is 5.91 Å². The Kier molecular flexibility index (Phi) is 7.67. The molecular weight excluding hydrogens is 436 g/mol. The minimum absolute atomic E-state index is 0.0405. The topological polar surface area (TPSA) is 76.6 Å². The van der Waals surface area contributed by atoms with Gasteiger partial charge < -0.3 is 19.7 Å². The molecule has 0 spiro atoms. The fraction of sp³-hybridized carbons (Fsp3) is 0.320. The molecule has 1 fully saturated rings. The standard InChI is InChI=1S/C25H28N4O3S/c1-31-20-11-10-18(22(15-20)32-2)16-28-24(30)19-7-6-14-29(17-19)23-25(27-13-12-26-23)33-21-8-4-3-5-9-21/h3-5,8-13,15,19H,6-7,14,16-17H2,1-2H3,(H,28,30)/t19-/m1/s1. The van der Waals surface area contributed by atoms with E-state index >= 15 is 0 Å². The van der Waals surface area contributed by atoms with Crippen LogP contribution in [-0.4, -0.2) is 43.2 Å². The van der Waals surface area contributed by atoms with Crippen LogP contribution < -0.4 is 19.7 Å². The van der Waals surface area contributed by atoms with Crippen molar-refractivity contribution in [3.8, 4) is 11.5 Å². The minimum Gasteiger partial charge on any atom is -0.497 e. The highest BCUT2D eigenvalue weighted by Gasteiger charge is 2.28. The zero-order chi connectivity index (χ0) is 23.0. The second-order valence-electron chi connectivity index (χ2n) is 7.78. The van der Waals surface area contributed by atoms with E-state index in [1.165, 1.54) is 0 Å². The van der Waals surface area contributed by atoms with Crippen LogP contribution in [0.4, 0.5) is 5.82 Å². The number of nitrogens with zero attached hydrogens (tertiary/aromatic N) is 3. The van der Waals surface area contributed by atoms with Crippen molar-refractivity contribution in [3.63, 3.8) is 0 Å². The molecule has 0 aliphatic carbocycles. The largest absolute Gasteiger partial charge is 0.497 e. The number of hydrogen-bond donors (Lipinski definition) is 1. The van der Waals surface area contributed by atoms with Crippen LogP contribution in [-0.2, 0) is 11.3 Å². The summed E-state index contributed by atoms with van der Waals surface area (Å²) in [5.41, 5.74) is 0.912. The number of nitrogens with one attached hydrogen (secondary N) is 1. The molecule has 1 aliphatic heterocycles. The summed E-state index contributed by atoms with van der Waals surface area (Å²) >= 11 is 1.59. The van der Waals surface area contributed by atoms with E-state index in [1.807, 2.05) is 36.4 Å². The first-order valence-electron chi connectivity index (χ1n) is 11.0. The van der Waals surface area contributed by atoms with Gasteiger partial charge in [-0.1, -0.05) is 30.0 Å². The monoisotopic (exact) mass is 464 g/mol. The fourth-order valence-electron chi connectivity index (χ4n) is 3.92. The second-order valence-corrected chi connectivity index (χ2v) is 8.84. The average Bonchev–Trinajstić information content (AvgIpc) is 2.88. The summed E-state index contributed by atoms with van der Waals surface area (Å²) in [6.45, 7) is 1.88. The van der Waals surface area contributed by atoms with Crippen molar-refractivity contribution < 1.29 is 14.3 Å². The van der Waals surface area contributed by atoms with Gasteiger partial charge in [0.1, 0.15) is 16.5 Å². The van der Waals surface area contributed by atoms with E-state index < -0.39 is 0 Å². The quantitative estimate of drug-likeness (QED) is 0.536. The smallest absolute Gasteiger partial charge is 0.225 e. The molecule has 3 aromatic rings. The number of piperidine rings is 1. The van der Waals surface area contributed by atoms with Gasteiger partial charge >= 0.3 is 0 Å². The lowest BCUT2D eigenvalue weighted by Gasteiger charge is -2.33. The lowest BCUT2D eigenvalue weighted by Crippen LogP contribution is -2.43. The van der Waals surface area contributed by atoms with Crippen molar-refractivity contribution >= 4 is 23.5 Å². The zero-order valence-electron chi connectivity index (χ0n) is 18.9. The highest BCUT2D eigenvalue weighted by molar-refractivity contribution is 7.99. The first kappa shape index (κ1) is 22.9. The van der Waals surface area contributed by atoms with E-state index in [4.69, 9.17) is 9.47 Å². The molecule has 1 aromatic heterocycles. The van der Waals surface area contributed by atoms with E-state index in [2.05, 4.69) is 32.3 Å². The molecule has 0 saturated carbocycles. The summed E-state index contributed by atoms with van der Waals surface area (Å²) in [4.78, 5) is 25.5. The van der Waals surface area contributed by atoms with E-state index in [-0.39, 0.29) is 11.8 Å². The number of aromatic nitrogens is 2. The Morgan fingerprint density at radius 1 is 1.12 bits per heavy atom. The number of anilines is 1. The van der Waals surface area contributed by atoms with Crippen LogP contribution in [0, 0.1) is 5.92 Å². The number of carbonyl (C=O) groups is 1. The predicted molar refractivity (Wildman–Crippen MR) is 129 cm³/mol. The van der Waals surface area contributed by atoms with Crippen molar-refractivity contribution in [2.45, 2.75) is 29.3 Å². The Hall–Kier alpha value is -3.26. The van der Waals surface area contributed by atoms with Crippen LogP contribution in [0.3, 0.4) is 0 Å². The van der Waals surface area contributed by atoms with Gasteiger partial charge in [-0.25, -0.2) is 9.97 Å². The molecule has 172 valence electrons. The average molecular weight is 465 g/mol. The molecule has 7 nitrogen and oxygen atoms in total. The third-order valence-corrected chi connectivity index (χ3v) is 6.63. The Morgan fingerprint density at radius 3 is 2.73 bits per heavy atom. The Morgan fingerprint density at radius 2 is 1.94 bits per heavy atom. The van der Waals surface area contributed by atoms with Crippen LogP contribution in [0.25, 0.3) is 0 Å². The number of carbonyl (C=O) groups excluding carboxylic acids is 1. The lowest BCUT2D eigenvalue weighted by atomic mass is 9.97. The molecule has 1 amide bonds. The normalized spacial score (nSPS) is 15.7. The maximum absolute atomic E-state index is 13.0. The van der Waals surface area contributed by atoms with Crippen molar-refractivity contribution in [2.75, 3.05) is 32.2 Å². The van der Waals surface area contributed by atoms with E-state index in [9.17, 15) is 4.79 Å². The summed E-state index contributed by atoms with van der Waals surface area (Å²) in [7, 11) is 3.23. The van der Waals surface area contributed by atoms with Crippen LogP contribution in [0.5, 0.6) is 11.5 Å². The summed E-state index contributed by atoms with van der Waals surface area (Å²) in [5.74, 6) is 2.18. The van der Waals surface area contributed by atoms with Gasteiger partial charge in [-0.3, -0.25) is 4.79 Å². The highest BCUT2D eigenvalue weighted by Crippen LogP contribution is 2.34. The van der Waals surface area contributed by atoms with Crippen LogP contribution in [0.2, 0.25) is 0 Å². The summed E-state index contributed by atoms with van der Waals surface area (Å²) in [6, 6.07) is 15.7. The van der Waals surface area contributed by atoms with Gasteiger partial charge in [0.15, 0.2) is 5.82 Å². The number of ether oxygens (including phenoxy) is 2. The number of rotatable bonds is 8. The molecule has 0 bridgehead atoms. The molecule has 0 radical (unpaired) electrons. The fourth-order valence-corrected chi connectivity index (χ4v) is 4.82. The van der Waals surface area contributed by atoms with Gasteiger partial charge in [0, 0.05) is 48.6 Å². The molecule has 1 N–H and O–H groups in total. The van der Waals surface area contributed by atoms with Gasteiger partial charge in [-0.05, 0) is 37.1 Å². The molecule has 33 heavy (non-hydrogen) atoms. The first-order valence-corrected chi connectivity index (χ1v) is 11.8. The van der Waals surface area contributed by atoms with Gasteiger partial charge in [0.05, 0.1) is 20.1 Å². The van der Waals surface area contributed by atoms with Crippen LogP contribution in [0.1, 0.15) is 18.4 Å². The summed E-state index contributed by atoms with van der Waals surface area (Å²) < 4.78 is 10.7. The molecule has 1 aliphatic rings. The molecule has 2 aromatic carbocycles. The van der Waals surface area contributed by atoms with Gasteiger partial charge in [0.25, 0.3) is 0 Å². The van der Waals surface area contributed by atoms with E-state index in [1.54, 1.807) is 38.4 Å². The second kappa shape index (κ2) is 11.0. The Balaban J connectivity index is 1.41. The van der Waals surface area contributed by atoms with Crippen molar-refractivity contribution in [1.82, 2.24) is 15.3 Å². The predicted octanol–water partition coefficient (Wildman–Crippen LogP) is 4.18. The maximum Gasteiger partial charge on any atom is 0.225 e. The zero-order valence-corrected chi connectivity index (χ0v) is 19.7. The molecule has 2 heterocycles. The molecule has 1 atom stereocenters. The maximum atomic E-state index is 13.0. The van der Waals surface area contributed by atoms with Crippen molar-refractivity contribution in [3.05, 3.63) is 66.5 Å². The molecule has 0 unspecified atom stereocenters. The van der Waals surface area contributed by atoms with Crippen molar-refractivity contribution in [2.24, 2.45) is 5.92 Å². The Labute approximate surface area is 198 Å². The lowest BCUT2D eigenvalue weighted by molar-refractivity contribution is -0.125.